The van der Waals surface area contributed by atoms with Gasteiger partial charge < -0.3 is 5.11 Å². The predicted molar refractivity (Wildman–Crippen MR) is 89.6 cm³/mol. The second kappa shape index (κ2) is 5.48. The van der Waals surface area contributed by atoms with Crippen LogP contribution in [0.2, 0.25) is 0 Å². The van der Waals surface area contributed by atoms with Gasteiger partial charge in [-0.2, -0.15) is 5.10 Å². The third kappa shape index (κ3) is 2.90. The van der Waals surface area contributed by atoms with Crippen LogP contribution in [0.25, 0.3) is 5.69 Å². The Kier molecular flexibility index (Phi) is 4.24. The molecule has 0 unspecified atom stereocenters. The number of aromatic carboxylic acids is 1. The highest BCUT2D eigenvalue weighted by molar-refractivity contribution is 14.1. The number of carbonyl (C=O) groups is 1. The van der Waals surface area contributed by atoms with Gasteiger partial charge in [0.2, 0.25) is 0 Å². The molecule has 1 heterocycles. The minimum atomic E-state index is -1.00. The maximum absolute atomic E-state index is 11.3. The van der Waals surface area contributed by atoms with Gasteiger partial charge in [0, 0.05) is 9.89 Å². The number of nitrogens with zero attached hydrogens (tertiary/aromatic N) is 2. The Morgan fingerprint density at radius 3 is 2.30 bits per heavy atom. The number of carboxylic acid groups (broad SMARTS) is 1. The summed E-state index contributed by atoms with van der Waals surface area (Å²) in [6, 6.07) is 7.65. The lowest BCUT2D eigenvalue weighted by Gasteiger charge is -2.21. The monoisotopic (exact) mass is 448 g/mol. The Balaban J connectivity index is 2.72. The summed E-state index contributed by atoms with van der Waals surface area (Å²) in [4.78, 5) is 11.3. The molecular weight excluding hydrogens is 435 g/mol. The second-order valence-electron chi connectivity index (χ2n) is 5.45. The summed E-state index contributed by atoms with van der Waals surface area (Å²) in [5.74, 6) is -1.00. The van der Waals surface area contributed by atoms with E-state index in [4.69, 9.17) is 0 Å². The molecule has 0 amide bonds. The largest absolute Gasteiger partial charge is 0.476 e. The Labute approximate surface area is 139 Å². The van der Waals surface area contributed by atoms with Gasteiger partial charge in [0.25, 0.3) is 0 Å². The molecule has 0 aliphatic rings. The molecule has 0 radical (unpaired) electrons. The molecule has 4 nitrogen and oxygen atoms in total. The SMILES string of the molecule is CC(C)(C)c1c(I)c(C(=O)O)nn1-c1ccc(Br)cc1. The standard InChI is InChI=1S/C14H14BrIN2O2/c1-14(2,3)12-10(16)11(13(19)20)17-18(12)9-6-4-8(15)5-7-9/h4-7H,1-3H3,(H,19,20). The molecule has 0 saturated carbocycles. The number of hydrogen-bond donors (Lipinski definition) is 1. The molecule has 0 aliphatic carbocycles. The Bertz CT molecular complexity index is 657. The topological polar surface area (TPSA) is 55.1 Å². The number of carboxylic acids is 1. The predicted octanol–water partition coefficient (Wildman–Crippen LogP) is 4.24. The van der Waals surface area contributed by atoms with Gasteiger partial charge in [-0.15, -0.1) is 0 Å². The molecule has 0 atom stereocenters. The average Bonchev–Trinajstić information content (AvgIpc) is 2.67. The summed E-state index contributed by atoms with van der Waals surface area (Å²) in [5.41, 5.74) is 1.64. The maximum atomic E-state index is 11.3. The van der Waals surface area contributed by atoms with E-state index in [1.807, 2.05) is 45.0 Å². The van der Waals surface area contributed by atoms with Crippen LogP contribution in [0.1, 0.15) is 37.0 Å². The highest BCUT2D eigenvalue weighted by atomic mass is 127. The van der Waals surface area contributed by atoms with Crippen molar-refractivity contribution in [1.82, 2.24) is 9.78 Å². The van der Waals surface area contributed by atoms with Crippen LogP contribution in [0.4, 0.5) is 0 Å². The van der Waals surface area contributed by atoms with Crippen LogP contribution in [-0.4, -0.2) is 20.9 Å². The lowest BCUT2D eigenvalue weighted by molar-refractivity contribution is 0.0689. The molecule has 1 aromatic carbocycles. The summed E-state index contributed by atoms with van der Waals surface area (Å²) in [7, 11) is 0. The van der Waals surface area contributed by atoms with Crippen LogP contribution in [0.15, 0.2) is 28.7 Å². The minimum absolute atomic E-state index is 0.0958. The first-order valence-corrected chi connectivity index (χ1v) is 7.87. The van der Waals surface area contributed by atoms with Crippen molar-refractivity contribution in [2.75, 3.05) is 0 Å². The molecule has 2 aromatic rings. The zero-order valence-electron chi connectivity index (χ0n) is 11.3. The van der Waals surface area contributed by atoms with E-state index in [2.05, 4.69) is 43.6 Å². The van der Waals surface area contributed by atoms with E-state index in [0.717, 1.165) is 15.9 Å². The molecule has 106 valence electrons. The van der Waals surface area contributed by atoms with Gasteiger partial charge in [-0.25, -0.2) is 9.48 Å². The lowest BCUT2D eigenvalue weighted by atomic mass is 9.91. The smallest absolute Gasteiger partial charge is 0.357 e. The molecule has 0 saturated heterocycles. The summed E-state index contributed by atoms with van der Waals surface area (Å²) < 4.78 is 3.38. The number of halogens is 2. The van der Waals surface area contributed by atoms with E-state index < -0.39 is 5.97 Å². The van der Waals surface area contributed by atoms with Crippen molar-refractivity contribution < 1.29 is 9.90 Å². The Morgan fingerprint density at radius 2 is 1.85 bits per heavy atom. The number of benzene rings is 1. The summed E-state index contributed by atoms with van der Waals surface area (Å²) in [6.07, 6.45) is 0. The van der Waals surface area contributed by atoms with Crippen molar-refractivity contribution in [3.8, 4) is 5.69 Å². The fraction of sp³-hybridized carbons (Fsp3) is 0.286. The van der Waals surface area contributed by atoms with Crippen LogP contribution in [0.5, 0.6) is 0 Å². The second-order valence-corrected chi connectivity index (χ2v) is 7.45. The fourth-order valence-electron chi connectivity index (χ4n) is 1.95. The number of hydrogen-bond acceptors (Lipinski definition) is 2. The number of rotatable bonds is 2. The van der Waals surface area contributed by atoms with Gasteiger partial charge in [0.05, 0.1) is 15.0 Å². The zero-order chi connectivity index (χ0) is 15.1. The molecule has 2 rings (SSSR count). The summed E-state index contributed by atoms with van der Waals surface area (Å²) >= 11 is 5.46. The maximum Gasteiger partial charge on any atom is 0.357 e. The van der Waals surface area contributed by atoms with E-state index in [0.29, 0.717) is 3.57 Å². The normalized spacial score (nSPS) is 11.7. The molecular formula is C14H14BrIN2O2. The summed E-state index contributed by atoms with van der Waals surface area (Å²) in [5, 5.41) is 13.5. The average molecular weight is 449 g/mol. The van der Waals surface area contributed by atoms with Crippen molar-refractivity contribution in [3.05, 3.63) is 43.7 Å². The van der Waals surface area contributed by atoms with Gasteiger partial charge in [-0.05, 0) is 46.9 Å². The van der Waals surface area contributed by atoms with E-state index in [9.17, 15) is 9.90 Å². The van der Waals surface area contributed by atoms with Crippen molar-refractivity contribution >= 4 is 44.5 Å². The van der Waals surface area contributed by atoms with Gasteiger partial charge >= 0.3 is 5.97 Å². The van der Waals surface area contributed by atoms with Crippen LogP contribution in [0, 0.1) is 3.57 Å². The molecule has 0 aliphatic heterocycles. The highest BCUT2D eigenvalue weighted by Gasteiger charge is 2.29. The van der Waals surface area contributed by atoms with Crippen molar-refractivity contribution in [2.24, 2.45) is 0 Å². The van der Waals surface area contributed by atoms with Crippen molar-refractivity contribution in [1.29, 1.82) is 0 Å². The first-order valence-electron chi connectivity index (χ1n) is 6.00. The van der Waals surface area contributed by atoms with E-state index >= 15 is 0 Å². The zero-order valence-corrected chi connectivity index (χ0v) is 15.1. The first kappa shape index (κ1) is 15.5. The third-order valence-corrected chi connectivity index (χ3v) is 4.36. The van der Waals surface area contributed by atoms with Gasteiger partial charge in [0.1, 0.15) is 0 Å². The van der Waals surface area contributed by atoms with Gasteiger partial charge in [0.15, 0.2) is 5.69 Å². The molecule has 0 spiro atoms. The molecule has 1 N–H and O–H groups in total. The van der Waals surface area contributed by atoms with E-state index in [1.54, 1.807) is 4.68 Å². The van der Waals surface area contributed by atoms with Crippen LogP contribution < -0.4 is 0 Å². The van der Waals surface area contributed by atoms with Gasteiger partial charge in [-0.1, -0.05) is 36.7 Å². The molecule has 0 fully saturated rings. The molecule has 0 bridgehead atoms. The minimum Gasteiger partial charge on any atom is -0.476 e. The quantitative estimate of drug-likeness (QED) is 0.699. The third-order valence-electron chi connectivity index (χ3n) is 2.81. The van der Waals surface area contributed by atoms with Crippen LogP contribution >= 0.6 is 38.5 Å². The summed E-state index contributed by atoms with van der Waals surface area (Å²) in [6.45, 7) is 6.15. The van der Waals surface area contributed by atoms with Crippen molar-refractivity contribution in [3.63, 3.8) is 0 Å². The van der Waals surface area contributed by atoms with Crippen LogP contribution in [-0.2, 0) is 5.41 Å². The van der Waals surface area contributed by atoms with E-state index in [-0.39, 0.29) is 11.1 Å². The van der Waals surface area contributed by atoms with E-state index in [1.165, 1.54) is 0 Å². The fourth-order valence-corrected chi connectivity index (χ4v) is 3.59. The lowest BCUT2D eigenvalue weighted by Crippen LogP contribution is -2.18. The molecule has 1 aromatic heterocycles. The van der Waals surface area contributed by atoms with Gasteiger partial charge in [-0.3, -0.25) is 0 Å². The first-order chi connectivity index (χ1) is 9.21. The van der Waals surface area contributed by atoms with Crippen molar-refractivity contribution in [2.45, 2.75) is 26.2 Å². The molecule has 6 heteroatoms. The highest BCUT2D eigenvalue weighted by Crippen LogP contribution is 2.31. The Hall–Kier alpha value is -0.890. The number of aromatic nitrogens is 2. The Morgan fingerprint density at radius 1 is 1.30 bits per heavy atom. The molecule has 20 heavy (non-hydrogen) atoms. The van der Waals surface area contributed by atoms with Crippen LogP contribution in [0.3, 0.4) is 0 Å².